The van der Waals surface area contributed by atoms with Crippen molar-refractivity contribution in [2.75, 3.05) is 18.6 Å². The van der Waals surface area contributed by atoms with Gasteiger partial charge in [0.05, 0.1) is 0 Å². The van der Waals surface area contributed by atoms with Crippen molar-refractivity contribution in [2.45, 2.75) is 96.8 Å². The molecule has 2 aliphatic carbocycles. The van der Waals surface area contributed by atoms with E-state index in [1.54, 1.807) is 11.8 Å². The number of nitrogens with zero attached hydrogens (tertiary/aromatic N) is 1. The Balaban J connectivity index is 0.00000480. The van der Waals surface area contributed by atoms with Gasteiger partial charge in [-0.25, -0.2) is 4.79 Å². The maximum Gasteiger partial charge on any atom is 0.326 e. The van der Waals surface area contributed by atoms with Crippen molar-refractivity contribution < 1.29 is 19.4 Å². The van der Waals surface area contributed by atoms with Crippen LogP contribution in [-0.2, 0) is 11.3 Å². The van der Waals surface area contributed by atoms with E-state index in [1.165, 1.54) is 44.9 Å². The van der Waals surface area contributed by atoms with Gasteiger partial charge in [0.2, 0.25) is 0 Å². The first kappa shape index (κ1) is 35.6. The van der Waals surface area contributed by atoms with E-state index in [1.807, 2.05) is 60.9 Å². The Morgan fingerprint density at radius 3 is 2.35 bits per heavy atom. The SMILES string of the molecule is C.CSCC[C@H](NC(=O)c1ccc(CN(C2CC2)[C@@H](COc2ccccc2)CC2CCCCC2)cc1-c1ccccc1C)C(=O)O. The lowest BCUT2D eigenvalue weighted by Crippen LogP contribution is -2.42. The van der Waals surface area contributed by atoms with Crippen molar-refractivity contribution in [3.63, 3.8) is 0 Å². The van der Waals surface area contributed by atoms with Gasteiger partial charge in [0.1, 0.15) is 18.4 Å². The number of carbonyl (C=O) groups excluding carboxylic acids is 1. The number of aliphatic carboxylic acids is 1. The Labute approximate surface area is 280 Å². The summed E-state index contributed by atoms with van der Waals surface area (Å²) in [7, 11) is 0. The lowest BCUT2D eigenvalue weighted by atomic mass is 9.84. The summed E-state index contributed by atoms with van der Waals surface area (Å²) in [5, 5.41) is 12.6. The third kappa shape index (κ3) is 9.85. The first-order chi connectivity index (χ1) is 21.9. The number of benzene rings is 3. The molecule has 6 nitrogen and oxygen atoms in total. The topological polar surface area (TPSA) is 78.9 Å². The minimum Gasteiger partial charge on any atom is -0.492 e. The molecule has 3 aromatic carbocycles. The highest BCUT2D eigenvalue weighted by Crippen LogP contribution is 2.36. The van der Waals surface area contributed by atoms with Crippen LogP contribution in [0.5, 0.6) is 5.75 Å². The number of ether oxygens (including phenoxy) is 1. The van der Waals surface area contributed by atoms with Gasteiger partial charge in [0.15, 0.2) is 0 Å². The highest BCUT2D eigenvalue weighted by Gasteiger charge is 2.36. The van der Waals surface area contributed by atoms with Gasteiger partial charge in [-0.3, -0.25) is 9.69 Å². The molecule has 46 heavy (non-hydrogen) atoms. The third-order valence-electron chi connectivity index (χ3n) is 9.34. The molecule has 0 bridgehead atoms. The van der Waals surface area contributed by atoms with Crippen molar-refractivity contribution in [1.29, 1.82) is 0 Å². The van der Waals surface area contributed by atoms with Crippen molar-refractivity contribution in [3.8, 4) is 16.9 Å². The first-order valence-corrected chi connectivity index (χ1v) is 18.0. The molecule has 2 atom stereocenters. The lowest BCUT2D eigenvalue weighted by molar-refractivity contribution is -0.139. The Morgan fingerprint density at radius 2 is 1.67 bits per heavy atom. The van der Waals surface area contributed by atoms with Crippen LogP contribution >= 0.6 is 11.8 Å². The predicted molar refractivity (Wildman–Crippen MR) is 191 cm³/mol. The first-order valence-electron chi connectivity index (χ1n) is 16.6. The summed E-state index contributed by atoms with van der Waals surface area (Å²) in [6, 6.07) is 24.2. The van der Waals surface area contributed by atoms with Gasteiger partial charge in [-0.1, -0.05) is 88.1 Å². The summed E-state index contributed by atoms with van der Waals surface area (Å²) < 4.78 is 6.41. The average molecular weight is 645 g/mol. The van der Waals surface area contributed by atoms with Crippen LogP contribution in [0.2, 0.25) is 0 Å². The van der Waals surface area contributed by atoms with Crippen LogP contribution in [-0.4, -0.2) is 58.6 Å². The molecule has 5 rings (SSSR count). The van der Waals surface area contributed by atoms with E-state index in [-0.39, 0.29) is 13.3 Å². The molecule has 0 spiro atoms. The van der Waals surface area contributed by atoms with Crippen molar-refractivity contribution in [3.05, 3.63) is 89.5 Å². The molecular formula is C39H52N2O4S. The molecule has 0 radical (unpaired) electrons. The van der Waals surface area contributed by atoms with Crippen LogP contribution in [0.1, 0.15) is 86.7 Å². The lowest BCUT2D eigenvalue weighted by Gasteiger charge is -2.35. The monoisotopic (exact) mass is 644 g/mol. The van der Waals surface area contributed by atoms with E-state index in [0.717, 1.165) is 46.9 Å². The molecule has 248 valence electrons. The predicted octanol–water partition coefficient (Wildman–Crippen LogP) is 8.62. The number of amides is 1. The molecule has 2 saturated carbocycles. The fourth-order valence-electron chi connectivity index (χ4n) is 6.70. The Kier molecular flexibility index (Phi) is 13.6. The molecule has 0 unspecified atom stereocenters. The number of nitrogens with one attached hydrogen (secondary N) is 1. The van der Waals surface area contributed by atoms with E-state index < -0.39 is 12.0 Å². The number of carbonyl (C=O) groups is 2. The molecule has 3 aromatic rings. The number of para-hydroxylation sites is 1. The number of hydrogen-bond donors (Lipinski definition) is 2. The fourth-order valence-corrected chi connectivity index (χ4v) is 7.18. The fraction of sp³-hybridized carbons (Fsp3) is 0.487. The Morgan fingerprint density at radius 1 is 0.957 bits per heavy atom. The van der Waals surface area contributed by atoms with Gasteiger partial charge >= 0.3 is 5.97 Å². The highest BCUT2D eigenvalue weighted by atomic mass is 32.2. The largest absolute Gasteiger partial charge is 0.492 e. The van der Waals surface area contributed by atoms with Gasteiger partial charge < -0.3 is 15.2 Å². The smallest absolute Gasteiger partial charge is 0.326 e. The van der Waals surface area contributed by atoms with Gasteiger partial charge in [-0.05, 0) is 97.1 Å². The van der Waals surface area contributed by atoms with Crippen molar-refractivity contribution in [1.82, 2.24) is 10.2 Å². The molecule has 2 N–H and O–H groups in total. The van der Waals surface area contributed by atoms with Gasteiger partial charge in [0, 0.05) is 24.2 Å². The zero-order valence-corrected chi connectivity index (χ0v) is 27.6. The Hall–Kier alpha value is -3.29. The molecule has 7 heteroatoms. The molecule has 1 amide bonds. The number of aryl methyl sites for hydroxylation is 1. The van der Waals surface area contributed by atoms with Crippen LogP contribution in [0, 0.1) is 12.8 Å². The summed E-state index contributed by atoms with van der Waals surface area (Å²) in [5.41, 5.74) is 4.57. The van der Waals surface area contributed by atoms with Crippen molar-refractivity contribution in [2.24, 2.45) is 5.92 Å². The third-order valence-corrected chi connectivity index (χ3v) is 9.99. The molecule has 2 fully saturated rings. The van der Waals surface area contributed by atoms with Crippen LogP contribution in [0.15, 0.2) is 72.8 Å². The summed E-state index contributed by atoms with van der Waals surface area (Å²) >= 11 is 1.57. The second kappa shape index (κ2) is 17.6. The number of carboxylic acids is 1. The quantitative estimate of drug-likeness (QED) is 0.163. The van der Waals surface area contributed by atoms with Gasteiger partial charge in [-0.2, -0.15) is 11.8 Å². The van der Waals surface area contributed by atoms with Crippen molar-refractivity contribution >= 4 is 23.6 Å². The van der Waals surface area contributed by atoms with E-state index in [0.29, 0.717) is 36.4 Å². The minimum atomic E-state index is -1.01. The van der Waals surface area contributed by atoms with E-state index in [9.17, 15) is 14.7 Å². The minimum absolute atomic E-state index is 0. The molecule has 0 aromatic heterocycles. The molecular weight excluding hydrogens is 593 g/mol. The average Bonchev–Trinajstić information content (AvgIpc) is 3.90. The summed E-state index contributed by atoms with van der Waals surface area (Å²) in [6.45, 7) is 3.50. The van der Waals surface area contributed by atoms with E-state index >= 15 is 0 Å². The van der Waals surface area contributed by atoms with Crippen LogP contribution < -0.4 is 10.1 Å². The number of rotatable bonds is 16. The second-order valence-corrected chi connectivity index (χ2v) is 13.7. The normalized spacial score (nSPS) is 16.3. The maximum atomic E-state index is 13.6. The second-order valence-electron chi connectivity index (χ2n) is 12.8. The number of carboxylic acid groups (broad SMARTS) is 1. The summed E-state index contributed by atoms with van der Waals surface area (Å²) in [5.74, 6) is 0.947. The van der Waals surface area contributed by atoms with E-state index in [2.05, 4.69) is 35.3 Å². The van der Waals surface area contributed by atoms with Gasteiger partial charge in [0.25, 0.3) is 5.91 Å². The standard InChI is InChI=1S/C38H48N2O4S.CH4/c1-27-11-9-10-16-33(27)35-24-29(17-20-34(35)37(41)39-36(38(42)43)21-22-45-2)25-40(30-18-19-30)31(23-28-12-5-3-6-13-28)26-44-32-14-7-4-8-15-32;/h4,7-11,14-17,20,24,28,30-31,36H,3,5-6,12-13,18-19,21-23,25-26H2,1-2H3,(H,39,41)(H,42,43);1H4/t31-,36+;/m1./s1. The van der Waals surface area contributed by atoms with E-state index in [4.69, 9.17) is 4.74 Å². The molecule has 2 aliphatic rings. The maximum absolute atomic E-state index is 13.6. The van der Waals surface area contributed by atoms with Crippen LogP contribution in [0.4, 0.5) is 0 Å². The zero-order valence-electron chi connectivity index (χ0n) is 26.8. The highest BCUT2D eigenvalue weighted by molar-refractivity contribution is 7.98. The van der Waals surface area contributed by atoms with Crippen LogP contribution in [0.25, 0.3) is 11.1 Å². The molecule has 0 heterocycles. The molecule has 0 saturated heterocycles. The van der Waals surface area contributed by atoms with Gasteiger partial charge in [-0.15, -0.1) is 0 Å². The number of thioether (sulfide) groups is 1. The van der Waals surface area contributed by atoms with Crippen LogP contribution in [0.3, 0.4) is 0 Å². The number of hydrogen-bond acceptors (Lipinski definition) is 5. The summed E-state index contributed by atoms with van der Waals surface area (Å²) in [4.78, 5) is 28.2. The molecule has 0 aliphatic heterocycles. The zero-order chi connectivity index (χ0) is 31.6. The summed E-state index contributed by atoms with van der Waals surface area (Å²) in [6.07, 6.45) is 12.5. The Bertz CT molecular complexity index is 1400.